The summed E-state index contributed by atoms with van der Waals surface area (Å²) >= 11 is 19.9. The molecule has 0 spiro atoms. The molecule has 0 amide bonds. The fourth-order valence-corrected chi connectivity index (χ4v) is 18.1. The Labute approximate surface area is 765 Å². The van der Waals surface area contributed by atoms with Crippen LogP contribution in [0.15, 0.2) is 0 Å². The summed E-state index contributed by atoms with van der Waals surface area (Å²) in [6, 6.07) is 0. The highest BCUT2D eigenvalue weighted by Gasteiger charge is 2.58. The first kappa shape index (κ1) is 112. The fourth-order valence-electron chi connectivity index (χ4n) is 16.4. The third-order valence-electron chi connectivity index (χ3n) is 24.6. The Morgan fingerprint density at radius 3 is 0.958 bits per heavy atom. The molecule has 0 bridgehead atoms. The highest BCUT2D eigenvalue weighted by atomic mass is 79.9. The van der Waals surface area contributed by atoms with Gasteiger partial charge in [-0.05, 0) is 91.8 Å². The van der Waals surface area contributed by atoms with Crippen LogP contribution in [0.2, 0.25) is 0 Å². The summed E-state index contributed by atoms with van der Waals surface area (Å²) in [7, 11) is 0. The van der Waals surface area contributed by atoms with Crippen LogP contribution in [-0.4, -0.2) is 269 Å². The number of fused-ring (bicyclic) bond motifs is 3. The first-order chi connectivity index (χ1) is 56.5. The maximum atomic E-state index is 11.2. The molecule has 10 saturated heterocycles. The molecule has 10 fully saturated rings. The van der Waals surface area contributed by atoms with E-state index in [0.29, 0.717) is 85.7 Å². The third kappa shape index (κ3) is 32.4. The molecule has 10 heterocycles. The van der Waals surface area contributed by atoms with Crippen molar-refractivity contribution < 1.29 is 144 Å². The van der Waals surface area contributed by atoms with Crippen molar-refractivity contribution in [2.45, 2.75) is 370 Å². The van der Waals surface area contributed by atoms with Gasteiger partial charge in [0.25, 0.3) is 17.9 Å². The number of hydrogen-bond acceptors (Lipinski definition) is 30. The summed E-state index contributed by atoms with van der Waals surface area (Å²) in [5.41, 5.74) is 0. The summed E-state index contributed by atoms with van der Waals surface area (Å²) in [5.74, 6) is -0.645. The van der Waals surface area contributed by atoms with Gasteiger partial charge in [-0.3, -0.25) is 33.4 Å². The second-order valence-electron chi connectivity index (χ2n) is 32.9. The Morgan fingerprint density at radius 2 is 0.600 bits per heavy atom. The van der Waals surface area contributed by atoms with Gasteiger partial charge in [-0.25, -0.2) is 0 Å². The minimum Gasteiger partial charge on any atom is -0.459 e. The number of carbonyl (C=O) groups is 4. The van der Waals surface area contributed by atoms with Crippen LogP contribution in [0.1, 0.15) is 212 Å². The quantitative estimate of drug-likeness (QED) is 0.0355. The number of aliphatic hydroxyl groups is 4. The summed E-state index contributed by atoms with van der Waals surface area (Å²) in [6.07, 6.45) is -2.19. The van der Waals surface area contributed by atoms with Gasteiger partial charge < -0.3 is 110 Å². The van der Waals surface area contributed by atoms with E-state index in [9.17, 15) is 34.5 Å². The second-order valence-corrected chi connectivity index (χ2v) is 37.8. The lowest BCUT2D eigenvalue weighted by atomic mass is 9.82. The van der Waals surface area contributed by atoms with Gasteiger partial charge in [-0.1, -0.05) is 220 Å². The van der Waals surface area contributed by atoms with E-state index in [1.807, 2.05) is 27.7 Å². The predicted octanol–water partition coefficient (Wildman–Crippen LogP) is 14.2. The van der Waals surface area contributed by atoms with Gasteiger partial charge in [0, 0.05) is 92.9 Å². The zero-order valence-corrected chi connectivity index (χ0v) is 84.9. The van der Waals surface area contributed by atoms with Gasteiger partial charge in [0.05, 0.1) is 76.3 Å². The van der Waals surface area contributed by atoms with Gasteiger partial charge >= 0.3 is 23.9 Å². The molecule has 706 valence electrons. The maximum Gasteiger partial charge on any atom is 0.305 e. The molecule has 17 unspecified atom stereocenters. The first-order valence-electron chi connectivity index (χ1n) is 43.0. The van der Waals surface area contributed by atoms with Crippen LogP contribution < -0.4 is 0 Å². The van der Waals surface area contributed by atoms with E-state index < -0.39 is 98.2 Å². The van der Waals surface area contributed by atoms with Crippen molar-refractivity contribution in [3.8, 4) is 0 Å². The largest absolute Gasteiger partial charge is 0.459 e. The molecule has 120 heavy (non-hydrogen) atoms. The van der Waals surface area contributed by atoms with Crippen molar-refractivity contribution in [2.75, 3.05) is 66.3 Å². The topological polar surface area (TPSA) is 352 Å². The lowest BCUT2D eigenvalue weighted by Gasteiger charge is -2.43. The SMILES string of the molecule is CC1(OCCBr)OC2[C@@H](OC(CO)[C@@H](O)[C@@H]2O)O1.CCC1O[C@H](Br)C(OC(C)=O)[C@@H](C)[C@@H]1C.CCC1O[C@H](OC(C)=O)C(OC(C)=O)[C@@H](C)[C@@H]1C.CCC1O[C@H](OCCBr)C(O)[C@@H](C)[C@@H]1C.CCC1O[C@H](OCCBr)C(OC(C)=O)[C@@H](C)[C@@H]1C.CCC1O[C@H]2OC(C)(OCCBr)OC2[C@@H](C)[C@@H]1C.CCC1O[C@H]2OC(C)(OCCBr)OC2[C@@H](C)[C@@H]1C. The molecule has 4 N–H and O–H groups in total. The molecule has 0 aromatic carbocycles. The average Bonchev–Trinajstić information content (AvgIpc) is 1.63. The minimum absolute atomic E-state index is 0.0103. The number of hydrogen-bond donors (Lipinski definition) is 4. The van der Waals surface area contributed by atoms with Crippen molar-refractivity contribution in [1.82, 2.24) is 0 Å². The van der Waals surface area contributed by atoms with E-state index in [0.717, 1.165) is 59.8 Å². The second kappa shape index (κ2) is 54.6. The molecule has 0 aromatic heterocycles. The van der Waals surface area contributed by atoms with Crippen molar-refractivity contribution in [1.29, 1.82) is 0 Å². The number of esters is 4. The third-order valence-corrected chi connectivity index (χ3v) is 27.0. The molecule has 0 aliphatic carbocycles. The van der Waals surface area contributed by atoms with Gasteiger partial charge in [-0.2, -0.15) is 0 Å². The summed E-state index contributed by atoms with van der Waals surface area (Å²) in [6.45, 7) is 51.0. The molecule has 0 saturated carbocycles. The fraction of sp³-hybridized carbons (Fsp3) is 0.952. The van der Waals surface area contributed by atoms with Crippen molar-refractivity contribution >= 4 is 119 Å². The zero-order chi connectivity index (χ0) is 90.6. The summed E-state index contributed by atoms with van der Waals surface area (Å²) in [4.78, 5) is 44.4. The highest BCUT2D eigenvalue weighted by molar-refractivity contribution is 9.10. The molecule has 0 aromatic rings. The molecule has 10 aliphatic heterocycles. The monoisotopic (exact) mass is 2110 g/mol. The van der Waals surface area contributed by atoms with Crippen LogP contribution >= 0.6 is 95.6 Å². The Bertz CT molecular complexity index is 2780. The Morgan fingerprint density at radius 1 is 0.317 bits per heavy atom. The number of carbonyl (C=O) groups excluding carboxylic acids is 4. The van der Waals surface area contributed by atoms with Gasteiger partial charge in [0.1, 0.15) is 53.8 Å². The molecule has 10 rings (SSSR count). The molecule has 0 radical (unpaired) electrons. The lowest BCUT2D eigenvalue weighted by Crippen LogP contribution is -2.57. The molecule has 10 aliphatic rings. The van der Waals surface area contributed by atoms with Crippen LogP contribution in [0.5, 0.6) is 0 Å². The van der Waals surface area contributed by atoms with Gasteiger partial charge in [0.15, 0.2) is 43.7 Å². The van der Waals surface area contributed by atoms with E-state index in [1.54, 1.807) is 6.92 Å². The van der Waals surface area contributed by atoms with Crippen LogP contribution in [-0.2, 0) is 123 Å². The van der Waals surface area contributed by atoms with Crippen LogP contribution in [0.4, 0.5) is 0 Å². The smallest absolute Gasteiger partial charge is 0.305 e. The average molecular weight is 2120 g/mol. The number of aliphatic hydroxyl groups excluding tert-OH is 4. The van der Waals surface area contributed by atoms with E-state index in [4.69, 9.17) is 109 Å². The van der Waals surface area contributed by atoms with E-state index >= 15 is 0 Å². The molecular formula is C84H148Br6O30. The molecule has 30 nitrogen and oxygen atoms in total. The molecule has 38 atom stereocenters. The van der Waals surface area contributed by atoms with E-state index in [1.165, 1.54) is 27.7 Å². The number of rotatable bonds is 26. The Hall–Kier alpha value is -0.120. The normalized spacial score (nSPS) is 42.9. The number of alkyl halides is 6. The summed E-state index contributed by atoms with van der Waals surface area (Å²) in [5, 5.41) is 42.1. The van der Waals surface area contributed by atoms with E-state index in [-0.39, 0.29) is 114 Å². The van der Waals surface area contributed by atoms with Crippen LogP contribution in [0.3, 0.4) is 0 Å². The number of halogens is 6. The van der Waals surface area contributed by atoms with Crippen molar-refractivity contribution in [3.63, 3.8) is 0 Å². The maximum absolute atomic E-state index is 11.2. The summed E-state index contributed by atoms with van der Waals surface area (Å²) < 4.78 is 124. The van der Waals surface area contributed by atoms with Crippen LogP contribution in [0, 0.1) is 71.0 Å². The highest BCUT2D eigenvalue weighted by Crippen LogP contribution is 2.46. The van der Waals surface area contributed by atoms with Crippen molar-refractivity contribution in [3.05, 3.63) is 0 Å². The van der Waals surface area contributed by atoms with Crippen LogP contribution in [0.25, 0.3) is 0 Å². The zero-order valence-electron chi connectivity index (χ0n) is 75.4. The first-order valence-corrected chi connectivity index (χ1v) is 49.6. The Kier molecular flexibility index (Phi) is 51.1. The number of ether oxygens (including phenoxy) is 22. The van der Waals surface area contributed by atoms with Gasteiger partial charge in [-0.15, -0.1) is 0 Å². The van der Waals surface area contributed by atoms with E-state index in [2.05, 4.69) is 206 Å². The molecular weight excluding hydrogens is 1970 g/mol. The standard InChI is InChI=1S/3C13H23BrO4.C13H22O5.C11H19BrO3.C11H21BrO3.C10H17BrO7/c2*1-5-10-8(2)9(3)11-12(16-10)18-13(4,17-11)15-7-6-14;1-5-11-8(2)9(3)12(17-10(4)15)13(18-11)16-7-6-14;1-6-11-7(2)8(3)12(16-9(4)14)13(18-11)17-10(5)15;1-5-9-6(2)7(3)10(11(12)15-9)14-8(4)13;1-4-9-7(2)8(3)10(13)11(15-9)14-6-5-12;1-10(15-3-2-11)17-8-7(14)6(13)5(4-12)16-9(8)18-10/h2*8-12H,5-7H2,1-4H3;8-9,11-13H,5-7H2,1-4H3;7-8,11-13H,6H2,1-5H3;6-7,9-11H,5H2,1-4H3;7-11,13H,4-6H2,1-3H3;5-9,12-14H,2-4H2,1H3/t2*8-,9-,10?,11?,12-,13?;8-,9-,11?,12?,13-;7-,8-,11?,12?,13-;6-,7-,9?,10?,11-;7-,8-,9?,10?,11-;5?,6-,7+,8?,9+,10?/m0000001/s1. The van der Waals surface area contributed by atoms with Gasteiger partial charge in [0.2, 0.25) is 6.29 Å². The predicted molar refractivity (Wildman–Crippen MR) is 467 cm³/mol. The molecule has 36 heteroatoms. The minimum atomic E-state index is -1.33. The Balaban J connectivity index is 0.000000295. The lowest BCUT2D eigenvalue weighted by molar-refractivity contribution is -0.342. The van der Waals surface area contributed by atoms with Crippen molar-refractivity contribution in [2.24, 2.45) is 71.0 Å².